The van der Waals surface area contributed by atoms with Crippen molar-refractivity contribution >= 4 is 0 Å². The first kappa shape index (κ1) is 8.75. The van der Waals surface area contributed by atoms with E-state index in [0.717, 1.165) is 19.4 Å². The van der Waals surface area contributed by atoms with Crippen molar-refractivity contribution in [1.29, 1.82) is 0 Å². The van der Waals surface area contributed by atoms with Gasteiger partial charge in [-0.1, -0.05) is 0 Å². The fourth-order valence-electron chi connectivity index (χ4n) is 1.68. The van der Waals surface area contributed by atoms with Gasteiger partial charge in [-0.05, 0) is 44.7 Å². The summed E-state index contributed by atoms with van der Waals surface area (Å²) in [4.78, 5) is 0. The van der Waals surface area contributed by atoms with Crippen LogP contribution in [-0.4, -0.2) is 16.3 Å². The topological polar surface area (TPSA) is 43.8 Å². The number of rotatable bonds is 4. The molecule has 13 heavy (non-hydrogen) atoms. The van der Waals surface area contributed by atoms with Crippen molar-refractivity contribution in [3.05, 3.63) is 17.5 Å². The summed E-state index contributed by atoms with van der Waals surface area (Å²) in [7, 11) is 0. The summed E-state index contributed by atoms with van der Waals surface area (Å²) in [5.41, 5.74) is 8.19. The Labute approximate surface area is 78.9 Å². The van der Waals surface area contributed by atoms with Gasteiger partial charge >= 0.3 is 0 Å². The molecule has 3 heteroatoms. The lowest BCUT2D eigenvalue weighted by atomic mass is 10.1. The van der Waals surface area contributed by atoms with E-state index in [-0.39, 0.29) is 0 Å². The highest BCUT2D eigenvalue weighted by atomic mass is 15.3. The van der Waals surface area contributed by atoms with Crippen LogP contribution < -0.4 is 5.73 Å². The number of hydrogen-bond acceptors (Lipinski definition) is 2. The standard InChI is InChI=1S/C10H17N3/c1-8-9(3-2-6-11)7-12-13(8)10-4-5-10/h7,10H,2-6,11H2,1H3. The minimum atomic E-state index is 0.701. The molecule has 3 nitrogen and oxygen atoms in total. The van der Waals surface area contributed by atoms with Gasteiger partial charge in [0, 0.05) is 5.69 Å². The molecule has 2 rings (SSSR count). The molecule has 0 spiro atoms. The zero-order valence-corrected chi connectivity index (χ0v) is 8.16. The summed E-state index contributed by atoms with van der Waals surface area (Å²) in [6.45, 7) is 2.94. The van der Waals surface area contributed by atoms with E-state index in [4.69, 9.17) is 5.73 Å². The largest absolute Gasteiger partial charge is 0.330 e. The lowest BCUT2D eigenvalue weighted by Crippen LogP contribution is -2.02. The molecule has 0 bridgehead atoms. The summed E-state index contributed by atoms with van der Waals surface area (Å²) < 4.78 is 2.17. The van der Waals surface area contributed by atoms with Gasteiger partial charge in [-0.25, -0.2) is 0 Å². The van der Waals surface area contributed by atoms with Gasteiger partial charge in [-0.3, -0.25) is 4.68 Å². The highest BCUT2D eigenvalue weighted by molar-refractivity contribution is 5.17. The van der Waals surface area contributed by atoms with E-state index < -0.39 is 0 Å². The van der Waals surface area contributed by atoms with Crippen molar-refractivity contribution in [2.45, 2.75) is 38.6 Å². The molecule has 0 atom stereocenters. The van der Waals surface area contributed by atoms with Crippen molar-refractivity contribution < 1.29 is 0 Å². The molecule has 0 unspecified atom stereocenters. The van der Waals surface area contributed by atoms with Crippen LogP contribution in [0.5, 0.6) is 0 Å². The van der Waals surface area contributed by atoms with E-state index >= 15 is 0 Å². The van der Waals surface area contributed by atoms with Crippen LogP contribution in [0.2, 0.25) is 0 Å². The fourth-order valence-corrected chi connectivity index (χ4v) is 1.68. The Morgan fingerprint density at radius 2 is 2.38 bits per heavy atom. The van der Waals surface area contributed by atoms with Gasteiger partial charge < -0.3 is 5.73 Å². The highest BCUT2D eigenvalue weighted by Crippen LogP contribution is 2.35. The lowest BCUT2D eigenvalue weighted by Gasteiger charge is -2.02. The van der Waals surface area contributed by atoms with Gasteiger partial charge in [0.25, 0.3) is 0 Å². The number of nitrogens with two attached hydrogens (primary N) is 1. The Hall–Kier alpha value is -0.830. The second-order valence-electron chi connectivity index (χ2n) is 3.82. The Morgan fingerprint density at radius 3 is 3.00 bits per heavy atom. The van der Waals surface area contributed by atoms with Gasteiger partial charge in [0.05, 0.1) is 12.2 Å². The van der Waals surface area contributed by atoms with Gasteiger partial charge in [0.15, 0.2) is 0 Å². The molecule has 2 N–H and O–H groups in total. The van der Waals surface area contributed by atoms with E-state index in [1.807, 2.05) is 6.20 Å². The summed E-state index contributed by atoms with van der Waals surface area (Å²) in [6, 6.07) is 0.701. The first-order valence-electron chi connectivity index (χ1n) is 5.06. The average molecular weight is 179 g/mol. The van der Waals surface area contributed by atoms with Crippen molar-refractivity contribution in [3.8, 4) is 0 Å². The maximum absolute atomic E-state index is 5.48. The van der Waals surface area contributed by atoms with Crippen molar-refractivity contribution in [2.24, 2.45) is 5.73 Å². The fraction of sp³-hybridized carbons (Fsp3) is 0.700. The van der Waals surface area contributed by atoms with Crippen LogP contribution in [-0.2, 0) is 6.42 Å². The van der Waals surface area contributed by atoms with E-state index in [0.29, 0.717) is 6.04 Å². The predicted octanol–water partition coefficient (Wildman–Crippen LogP) is 1.42. The SMILES string of the molecule is Cc1c(CCCN)cnn1C1CC1. The molecule has 1 aromatic heterocycles. The maximum Gasteiger partial charge on any atom is 0.0524 e. The molecular formula is C10H17N3. The molecule has 1 fully saturated rings. The van der Waals surface area contributed by atoms with Crippen LogP contribution in [0.4, 0.5) is 0 Å². The minimum absolute atomic E-state index is 0.701. The van der Waals surface area contributed by atoms with Crippen molar-refractivity contribution in [3.63, 3.8) is 0 Å². The van der Waals surface area contributed by atoms with Gasteiger partial charge in [-0.15, -0.1) is 0 Å². The maximum atomic E-state index is 5.48. The second-order valence-corrected chi connectivity index (χ2v) is 3.82. The Balaban J connectivity index is 2.08. The molecular weight excluding hydrogens is 162 g/mol. The zero-order chi connectivity index (χ0) is 9.26. The summed E-state index contributed by atoms with van der Waals surface area (Å²) in [6.07, 6.45) is 6.76. The molecule has 0 amide bonds. The van der Waals surface area contributed by atoms with Gasteiger partial charge in [0.2, 0.25) is 0 Å². The molecule has 1 aliphatic carbocycles. The van der Waals surface area contributed by atoms with E-state index in [2.05, 4.69) is 16.7 Å². The van der Waals surface area contributed by atoms with E-state index in [1.165, 1.54) is 24.1 Å². The van der Waals surface area contributed by atoms with Gasteiger partial charge in [-0.2, -0.15) is 5.10 Å². The van der Waals surface area contributed by atoms with Crippen LogP contribution in [0.3, 0.4) is 0 Å². The molecule has 1 saturated carbocycles. The quantitative estimate of drug-likeness (QED) is 0.759. The molecule has 1 aliphatic rings. The number of aromatic nitrogens is 2. The van der Waals surface area contributed by atoms with Crippen molar-refractivity contribution in [1.82, 2.24) is 9.78 Å². The minimum Gasteiger partial charge on any atom is -0.330 e. The van der Waals surface area contributed by atoms with Crippen LogP contribution in [0, 0.1) is 6.92 Å². The predicted molar refractivity (Wildman–Crippen MR) is 52.6 cm³/mol. The lowest BCUT2D eigenvalue weighted by molar-refractivity contribution is 0.620. The third kappa shape index (κ3) is 1.75. The average Bonchev–Trinajstić information content (AvgIpc) is 2.89. The smallest absolute Gasteiger partial charge is 0.0524 e. The third-order valence-electron chi connectivity index (χ3n) is 2.69. The van der Waals surface area contributed by atoms with E-state index in [1.54, 1.807) is 0 Å². The normalized spacial score (nSPS) is 16.5. The Kier molecular flexibility index (Phi) is 2.36. The molecule has 0 saturated heterocycles. The second kappa shape index (κ2) is 3.50. The van der Waals surface area contributed by atoms with Crippen LogP contribution in [0.1, 0.15) is 36.6 Å². The summed E-state index contributed by atoms with van der Waals surface area (Å²) in [5.74, 6) is 0. The van der Waals surface area contributed by atoms with E-state index in [9.17, 15) is 0 Å². The molecule has 0 aromatic carbocycles. The first-order chi connectivity index (χ1) is 6.33. The number of nitrogens with zero attached hydrogens (tertiary/aromatic N) is 2. The highest BCUT2D eigenvalue weighted by Gasteiger charge is 2.26. The van der Waals surface area contributed by atoms with Crippen LogP contribution >= 0.6 is 0 Å². The molecule has 1 heterocycles. The first-order valence-corrected chi connectivity index (χ1v) is 5.06. The van der Waals surface area contributed by atoms with Crippen LogP contribution in [0.15, 0.2) is 6.20 Å². The van der Waals surface area contributed by atoms with Crippen LogP contribution in [0.25, 0.3) is 0 Å². The monoisotopic (exact) mass is 179 g/mol. The Bertz CT molecular complexity index is 286. The Morgan fingerprint density at radius 1 is 1.62 bits per heavy atom. The molecule has 0 aliphatic heterocycles. The summed E-state index contributed by atoms with van der Waals surface area (Å²) in [5, 5.41) is 4.41. The molecule has 1 aromatic rings. The van der Waals surface area contributed by atoms with Crippen molar-refractivity contribution in [2.75, 3.05) is 6.54 Å². The zero-order valence-electron chi connectivity index (χ0n) is 8.16. The van der Waals surface area contributed by atoms with Gasteiger partial charge in [0.1, 0.15) is 0 Å². The summed E-state index contributed by atoms with van der Waals surface area (Å²) >= 11 is 0. The molecule has 0 radical (unpaired) electrons. The number of hydrogen-bond donors (Lipinski definition) is 1. The number of aryl methyl sites for hydroxylation is 1. The third-order valence-corrected chi connectivity index (χ3v) is 2.69. The molecule has 72 valence electrons.